The fourth-order valence-corrected chi connectivity index (χ4v) is 2.59. The molecule has 8 nitrogen and oxygen atoms in total. The van der Waals surface area contributed by atoms with Gasteiger partial charge in [-0.1, -0.05) is 12.1 Å². The molecule has 0 saturated carbocycles. The number of alkyl halides is 3. The van der Waals surface area contributed by atoms with E-state index in [4.69, 9.17) is 0 Å². The third kappa shape index (κ3) is 4.35. The van der Waals surface area contributed by atoms with E-state index in [1.54, 1.807) is 0 Å². The second-order valence-corrected chi connectivity index (χ2v) is 6.08. The molecule has 0 saturated heterocycles. The van der Waals surface area contributed by atoms with Crippen molar-refractivity contribution in [2.24, 2.45) is 0 Å². The molecule has 11 heteroatoms. The van der Waals surface area contributed by atoms with Gasteiger partial charge in [0.05, 0.1) is 16.8 Å². The van der Waals surface area contributed by atoms with Gasteiger partial charge in [0.15, 0.2) is 5.69 Å². The number of nitrogens with one attached hydrogen (secondary N) is 2. The molecule has 3 rings (SSSR count). The predicted octanol–water partition coefficient (Wildman–Crippen LogP) is 2.03. The minimum atomic E-state index is -4.67. The van der Waals surface area contributed by atoms with Gasteiger partial charge in [-0.3, -0.25) is 30.2 Å². The van der Waals surface area contributed by atoms with Crippen molar-refractivity contribution in [3.63, 3.8) is 0 Å². The van der Waals surface area contributed by atoms with E-state index in [1.807, 2.05) is 5.43 Å². The van der Waals surface area contributed by atoms with Gasteiger partial charge in [-0.2, -0.15) is 18.3 Å². The highest BCUT2D eigenvalue weighted by Crippen LogP contribution is 2.33. The summed E-state index contributed by atoms with van der Waals surface area (Å²) in [7, 11) is 0. The van der Waals surface area contributed by atoms with E-state index in [0.29, 0.717) is 0 Å². The van der Waals surface area contributed by atoms with Crippen LogP contribution in [0.5, 0.6) is 0 Å². The second kappa shape index (κ2) is 8.15. The van der Waals surface area contributed by atoms with Gasteiger partial charge in [0.2, 0.25) is 5.43 Å². The van der Waals surface area contributed by atoms with Crippen LogP contribution < -0.4 is 16.3 Å². The number of hydrogen-bond acceptors (Lipinski definition) is 5. The third-order valence-electron chi connectivity index (χ3n) is 3.97. The molecule has 0 aliphatic rings. The molecule has 2 N–H and O–H groups in total. The topological polar surface area (TPSA) is 106 Å². The molecule has 0 fully saturated rings. The fraction of sp³-hybridized carbons (Fsp3) is 0.105. The van der Waals surface area contributed by atoms with Crippen LogP contribution in [0.25, 0.3) is 5.69 Å². The summed E-state index contributed by atoms with van der Waals surface area (Å²) in [6, 6.07) is 8.55. The van der Waals surface area contributed by atoms with E-state index in [2.05, 4.69) is 15.5 Å². The Morgan fingerprint density at radius 2 is 1.73 bits per heavy atom. The molecule has 0 spiro atoms. The lowest BCUT2D eigenvalue weighted by Crippen LogP contribution is -2.44. The SMILES string of the molecule is Cc1cc(=O)c(C(=O)NNC(=O)c2cccnc2)nn1-c1ccccc1C(F)(F)F. The van der Waals surface area contributed by atoms with Gasteiger partial charge in [-0.15, -0.1) is 0 Å². The number of benzene rings is 1. The third-order valence-corrected chi connectivity index (χ3v) is 3.97. The standard InChI is InChI=1S/C19H14F3N5O3/c1-11-9-15(28)16(18(30)25-24-17(29)12-5-4-8-23-10-12)26-27(11)14-7-3-2-6-13(14)19(20,21)22/h2-10H,1H3,(H,24,29)(H,25,30). The molecule has 3 aromatic rings. The monoisotopic (exact) mass is 417 g/mol. The quantitative estimate of drug-likeness (QED) is 0.635. The maximum Gasteiger partial charge on any atom is 0.418 e. The summed E-state index contributed by atoms with van der Waals surface area (Å²) < 4.78 is 40.9. The van der Waals surface area contributed by atoms with E-state index in [1.165, 1.54) is 49.6 Å². The number of amides is 2. The highest BCUT2D eigenvalue weighted by molar-refractivity contribution is 5.97. The Bertz CT molecular complexity index is 1160. The van der Waals surface area contributed by atoms with Crippen molar-refractivity contribution < 1.29 is 22.8 Å². The van der Waals surface area contributed by atoms with Crippen molar-refractivity contribution >= 4 is 11.8 Å². The summed E-state index contributed by atoms with van der Waals surface area (Å²) >= 11 is 0. The molecule has 2 aromatic heterocycles. The Morgan fingerprint density at radius 1 is 1.03 bits per heavy atom. The molecule has 0 unspecified atom stereocenters. The summed E-state index contributed by atoms with van der Waals surface area (Å²) in [6.45, 7) is 1.38. The van der Waals surface area contributed by atoms with Crippen LogP contribution in [0.1, 0.15) is 32.1 Å². The number of pyridine rings is 1. The minimum Gasteiger partial charge on any atom is -0.287 e. The van der Waals surface area contributed by atoms with E-state index < -0.39 is 34.7 Å². The van der Waals surface area contributed by atoms with Crippen LogP contribution in [0.15, 0.2) is 59.7 Å². The van der Waals surface area contributed by atoms with Gasteiger partial charge in [-0.05, 0) is 31.2 Å². The molecule has 0 aliphatic carbocycles. The van der Waals surface area contributed by atoms with Crippen LogP contribution >= 0.6 is 0 Å². The van der Waals surface area contributed by atoms with Crippen molar-refractivity contribution in [2.75, 3.05) is 0 Å². The number of halogens is 3. The number of hydrogen-bond donors (Lipinski definition) is 2. The maximum absolute atomic E-state index is 13.3. The zero-order chi connectivity index (χ0) is 21.9. The first-order chi connectivity index (χ1) is 14.2. The number of aryl methyl sites for hydroxylation is 1. The number of hydrazine groups is 1. The molecule has 30 heavy (non-hydrogen) atoms. The highest BCUT2D eigenvalue weighted by Gasteiger charge is 2.34. The molecule has 154 valence electrons. The highest BCUT2D eigenvalue weighted by atomic mass is 19.4. The Hall–Kier alpha value is -4.02. The number of aromatic nitrogens is 3. The van der Waals surface area contributed by atoms with E-state index in [9.17, 15) is 27.6 Å². The fourth-order valence-electron chi connectivity index (χ4n) is 2.59. The first-order valence-electron chi connectivity index (χ1n) is 8.47. The number of rotatable bonds is 3. The summed E-state index contributed by atoms with van der Waals surface area (Å²) in [5.74, 6) is -1.79. The van der Waals surface area contributed by atoms with Gasteiger partial charge < -0.3 is 0 Å². The lowest BCUT2D eigenvalue weighted by molar-refractivity contribution is -0.137. The molecule has 2 heterocycles. The summed E-state index contributed by atoms with van der Waals surface area (Å²) in [5.41, 5.74) is 1.49. The van der Waals surface area contributed by atoms with Crippen LogP contribution in [0.2, 0.25) is 0 Å². The van der Waals surface area contributed by atoms with Gasteiger partial charge in [0.25, 0.3) is 11.8 Å². The average molecular weight is 417 g/mol. The van der Waals surface area contributed by atoms with Gasteiger partial charge in [0.1, 0.15) is 0 Å². The largest absolute Gasteiger partial charge is 0.418 e. The zero-order valence-electron chi connectivity index (χ0n) is 15.4. The lowest BCUT2D eigenvalue weighted by Gasteiger charge is -2.16. The number of carbonyl (C=O) groups excluding carboxylic acids is 2. The Kier molecular flexibility index (Phi) is 5.63. The van der Waals surface area contributed by atoms with E-state index in [0.717, 1.165) is 16.8 Å². The summed E-state index contributed by atoms with van der Waals surface area (Å²) in [6.07, 6.45) is -1.96. The Morgan fingerprint density at radius 3 is 2.40 bits per heavy atom. The molecule has 1 aromatic carbocycles. The maximum atomic E-state index is 13.3. The molecule has 0 atom stereocenters. The Balaban J connectivity index is 1.92. The zero-order valence-corrected chi connectivity index (χ0v) is 15.4. The lowest BCUT2D eigenvalue weighted by atomic mass is 10.1. The van der Waals surface area contributed by atoms with Crippen LogP contribution in [0.3, 0.4) is 0 Å². The number of para-hydroxylation sites is 1. The summed E-state index contributed by atoms with van der Waals surface area (Å²) in [5, 5.41) is 3.80. The van der Waals surface area contributed by atoms with Crippen molar-refractivity contribution in [2.45, 2.75) is 13.1 Å². The smallest absolute Gasteiger partial charge is 0.287 e. The van der Waals surface area contributed by atoms with Gasteiger partial charge >= 0.3 is 6.18 Å². The minimum absolute atomic E-state index is 0.0904. The number of carbonyl (C=O) groups is 2. The van der Waals surface area contributed by atoms with Crippen LogP contribution in [0.4, 0.5) is 13.2 Å². The van der Waals surface area contributed by atoms with Gasteiger partial charge in [-0.25, -0.2) is 4.68 Å². The Labute approximate surface area is 167 Å². The predicted molar refractivity (Wildman–Crippen MR) is 98.7 cm³/mol. The first kappa shape index (κ1) is 20.7. The first-order valence-corrected chi connectivity index (χ1v) is 8.47. The molecule has 0 bridgehead atoms. The average Bonchev–Trinajstić information content (AvgIpc) is 2.72. The second-order valence-electron chi connectivity index (χ2n) is 6.08. The van der Waals surface area contributed by atoms with Gasteiger partial charge in [0, 0.05) is 24.2 Å². The molecule has 0 aliphatic heterocycles. The molecule has 0 radical (unpaired) electrons. The molecular formula is C19H14F3N5O3. The molecular weight excluding hydrogens is 403 g/mol. The van der Waals surface area contributed by atoms with E-state index in [-0.39, 0.29) is 16.9 Å². The summed E-state index contributed by atoms with van der Waals surface area (Å²) in [4.78, 5) is 40.2. The van der Waals surface area contributed by atoms with Crippen LogP contribution in [0, 0.1) is 6.92 Å². The normalized spacial score (nSPS) is 11.1. The van der Waals surface area contributed by atoms with Crippen molar-refractivity contribution in [1.29, 1.82) is 0 Å². The van der Waals surface area contributed by atoms with Crippen molar-refractivity contribution in [3.8, 4) is 5.69 Å². The van der Waals surface area contributed by atoms with Crippen molar-refractivity contribution in [3.05, 3.63) is 87.6 Å². The number of nitrogens with zero attached hydrogens (tertiary/aromatic N) is 3. The van der Waals surface area contributed by atoms with Crippen LogP contribution in [-0.2, 0) is 6.18 Å². The van der Waals surface area contributed by atoms with Crippen LogP contribution in [-0.4, -0.2) is 26.6 Å². The van der Waals surface area contributed by atoms with Crippen molar-refractivity contribution in [1.82, 2.24) is 25.6 Å². The molecule has 2 amide bonds. The van der Waals surface area contributed by atoms with E-state index >= 15 is 0 Å².